The third kappa shape index (κ3) is 4.02. The Balaban J connectivity index is -0.000000245. The first-order chi connectivity index (χ1) is 6.95. The zero-order valence-electron chi connectivity index (χ0n) is 12.9. The third-order valence-electron chi connectivity index (χ3n) is 3.15. The quantitative estimate of drug-likeness (QED) is 0.571. The van der Waals surface area contributed by atoms with Gasteiger partial charge in [-0.15, -0.1) is 13.3 Å². The Morgan fingerprint density at radius 2 is 1.88 bits per heavy atom. The fourth-order valence-electron chi connectivity index (χ4n) is 1.75. The molecule has 0 nitrogen and oxygen atoms in total. The van der Waals surface area contributed by atoms with Crippen molar-refractivity contribution in [1.29, 1.82) is 0 Å². The van der Waals surface area contributed by atoms with Gasteiger partial charge in [0.1, 0.15) is 0 Å². The van der Waals surface area contributed by atoms with Crippen LogP contribution in [0.4, 0.5) is 0 Å². The maximum atomic E-state index is 3.44. The molecule has 2 aliphatic carbocycles. The maximum Gasteiger partial charge on any atom is 4.00 e. The van der Waals surface area contributed by atoms with Crippen molar-refractivity contribution in [2.75, 3.05) is 0 Å². The number of hydrogen-bond donors (Lipinski definition) is 0. The normalized spacial score (nSPS) is 20.2. The minimum absolute atomic E-state index is 0. The van der Waals surface area contributed by atoms with Gasteiger partial charge >= 0.3 is 26.2 Å². The van der Waals surface area contributed by atoms with Gasteiger partial charge in [-0.2, -0.15) is 17.2 Å². The molecule has 0 fully saturated rings. The van der Waals surface area contributed by atoms with Gasteiger partial charge in [0.05, 0.1) is 0 Å². The van der Waals surface area contributed by atoms with Gasteiger partial charge in [0.25, 0.3) is 0 Å². The van der Waals surface area contributed by atoms with Crippen molar-refractivity contribution < 1.29 is 29.1 Å². The van der Waals surface area contributed by atoms with Crippen LogP contribution in [0.2, 0.25) is 0 Å². The largest absolute Gasteiger partial charge is 4.00 e. The molecule has 2 rings (SSSR count). The smallest absolute Gasteiger partial charge is 1.00 e. The van der Waals surface area contributed by atoms with Crippen LogP contribution in [0, 0.1) is 17.6 Å². The second-order valence-electron chi connectivity index (χ2n) is 4.63. The SMILES string of the molecule is CC1=[C-]C(C)(C)C(C)=C1C.[C-]1=CC=CC1.[H-].[H-].[Zr+4]. The topological polar surface area (TPSA) is 0 Å². The summed E-state index contributed by atoms with van der Waals surface area (Å²) in [6, 6.07) is 0. The number of hydrogen-bond acceptors (Lipinski definition) is 0. The summed E-state index contributed by atoms with van der Waals surface area (Å²) < 4.78 is 0. The molecule has 86 valence electrons. The average Bonchev–Trinajstić information content (AvgIpc) is 2.76. The molecular formula is C15H22Zr. The summed E-state index contributed by atoms with van der Waals surface area (Å²) in [7, 11) is 0. The molecule has 0 bridgehead atoms. The summed E-state index contributed by atoms with van der Waals surface area (Å²) in [4.78, 5) is 0. The van der Waals surface area contributed by atoms with Crippen LogP contribution < -0.4 is 0 Å². The van der Waals surface area contributed by atoms with Crippen LogP contribution in [-0.4, -0.2) is 0 Å². The van der Waals surface area contributed by atoms with Gasteiger partial charge in [-0.05, 0) is 0 Å². The molecule has 0 aromatic rings. The van der Waals surface area contributed by atoms with Gasteiger partial charge < -0.3 is 2.85 Å². The molecule has 0 heterocycles. The third-order valence-corrected chi connectivity index (χ3v) is 3.15. The molecule has 0 aromatic carbocycles. The van der Waals surface area contributed by atoms with Gasteiger partial charge in [0.2, 0.25) is 0 Å². The Morgan fingerprint density at radius 1 is 1.25 bits per heavy atom. The van der Waals surface area contributed by atoms with Crippen molar-refractivity contribution >= 4 is 0 Å². The Bertz CT molecular complexity index is 351. The van der Waals surface area contributed by atoms with Crippen LogP contribution in [0.1, 0.15) is 43.9 Å². The van der Waals surface area contributed by atoms with Gasteiger partial charge in [-0.25, -0.2) is 17.7 Å². The predicted molar refractivity (Wildman–Crippen MR) is 68.4 cm³/mol. The maximum absolute atomic E-state index is 3.44. The van der Waals surface area contributed by atoms with E-state index >= 15 is 0 Å². The van der Waals surface area contributed by atoms with E-state index in [1.165, 1.54) is 16.7 Å². The van der Waals surface area contributed by atoms with Gasteiger partial charge in [-0.1, -0.05) is 33.1 Å². The second-order valence-corrected chi connectivity index (χ2v) is 4.63. The van der Waals surface area contributed by atoms with Crippen LogP contribution in [0.3, 0.4) is 0 Å². The van der Waals surface area contributed by atoms with Crippen LogP contribution in [0.5, 0.6) is 0 Å². The van der Waals surface area contributed by atoms with E-state index < -0.39 is 0 Å². The molecule has 0 saturated heterocycles. The van der Waals surface area contributed by atoms with Crippen molar-refractivity contribution in [3.63, 3.8) is 0 Å². The fourth-order valence-corrected chi connectivity index (χ4v) is 1.75. The Labute approximate surface area is 122 Å². The summed E-state index contributed by atoms with van der Waals surface area (Å²) in [6.45, 7) is 10.9. The van der Waals surface area contributed by atoms with Crippen LogP contribution in [-0.2, 0) is 26.2 Å². The number of rotatable bonds is 0. The Hall–Kier alpha value is -0.157. The van der Waals surface area contributed by atoms with Crippen molar-refractivity contribution in [2.45, 2.75) is 41.0 Å². The molecule has 16 heavy (non-hydrogen) atoms. The second kappa shape index (κ2) is 6.55. The van der Waals surface area contributed by atoms with Crippen molar-refractivity contribution in [1.82, 2.24) is 0 Å². The van der Waals surface area contributed by atoms with E-state index in [0.717, 1.165) is 6.42 Å². The Morgan fingerprint density at radius 3 is 2.00 bits per heavy atom. The first-order valence-electron chi connectivity index (χ1n) is 5.47. The molecule has 0 unspecified atom stereocenters. The molecule has 0 N–H and O–H groups in total. The van der Waals surface area contributed by atoms with Crippen LogP contribution in [0.25, 0.3) is 0 Å². The first kappa shape index (κ1) is 15.8. The molecule has 0 atom stereocenters. The molecule has 0 radical (unpaired) electrons. The minimum atomic E-state index is 0. The standard InChI is InChI=1S/C10H15.C5H5.Zr.2H/c1-7-6-10(4,5)9(3)8(7)2;1-2-4-5-3-1;;;/h1-5H3;1-3H,4H2;;;/q2*-1;+4;2*-1. The molecule has 2 aliphatic rings. The zero-order chi connectivity index (χ0) is 11.5. The average molecular weight is 294 g/mol. The fraction of sp³-hybridized carbons (Fsp3) is 0.467. The van der Waals surface area contributed by atoms with Gasteiger partial charge in [0.15, 0.2) is 0 Å². The first-order valence-corrected chi connectivity index (χ1v) is 5.47. The Kier molecular flexibility index (Phi) is 6.48. The van der Waals surface area contributed by atoms with Crippen molar-refractivity contribution in [3.05, 3.63) is 47.1 Å². The zero-order valence-corrected chi connectivity index (χ0v) is 13.4. The van der Waals surface area contributed by atoms with E-state index in [9.17, 15) is 0 Å². The molecule has 0 aliphatic heterocycles. The molecule has 0 amide bonds. The van der Waals surface area contributed by atoms with E-state index in [2.05, 4.69) is 52.8 Å². The molecule has 0 aromatic heterocycles. The van der Waals surface area contributed by atoms with Crippen molar-refractivity contribution in [3.8, 4) is 0 Å². The molecular weight excluding hydrogens is 271 g/mol. The minimum Gasteiger partial charge on any atom is -1.00 e. The van der Waals surface area contributed by atoms with E-state index in [-0.39, 0.29) is 34.5 Å². The summed E-state index contributed by atoms with van der Waals surface area (Å²) >= 11 is 0. The number of allylic oxidation sites excluding steroid dienone is 8. The van der Waals surface area contributed by atoms with Crippen LogP contribution >= 0.6 is 0 Å². The predicted octanol–water partition coefficient (Wildman–Crippen LogP) is 4.64. The summed E-state index contributed by atoms with van der Waals surface area (Å²) in [6.07, 6.45) is 13.4. The van der Waals surface area contributed by atoms with Crippen molar-refractivity contribution in [2.24, 2.45) is 5.41 Å². The molecule has 1 heteroatoms. The van der Waals surface area contributed by atoms with E-state index in [1.54, 1.807) is 0 Å². The summed E-state index contributed by atoms with van der Waals surface area (Å²) in [5, 5.41) is 0. The van der Waals surface area contributed by atoms with Crippen LogP contribution in [0.15, 0.2) is 34.9 Å². The van der Waals surface area contributed by atoms with E-state index in [4.69, 9.17) is 0 Å². The van der Waals surface area contributed by atoms with E-state index in [1.807, 2.05) is 12.2 Å². The summed E-state index contributed by atoms with van der Waals surface area (Å²) in [5.41, 5.74) is 4.39. The van der Waals surface area contributed by atoms with E-state index in [0.29, 0.717) is 0 Å². The van der Waals surface area contributed by atoms with Gasteiger partial charge in [-0.3, -0.25) is 12.2 Å². The summed E-state index contributed by atoms with van der Waals surface area (Å²) in [5.74, 6) is 0. The molecule has 0 spiro atoms. The monoisotopic (exact) mass is 292 g/mol. The molecule has 0 saturated carbocycles. The van der Waals surface area contributed by atoms with Gasteiger partial charge in [0, 0.05) is 0 Å².